The van der Waals surface area contributed by atoms with Crippen molar-refractivity contribution in [2.24, 2.45) is 0 Å². The Morgan fingerprint density at radius 1 is 1.25 bits per heavy atom. The van der Waals surface area contributed by atoms with Crippen molar-refractivity contribution in [1.82, 2.24) is 4.90 Å². The number of thiocarbonyl (C=S) groups is 1. The van der Waals surface area contributed by atoms with Crippen molar-refractivity contribution in [2.75, 3.05) is 13.7 Å². The lowest BCUT2D eigenvalue weighted by Crippen LogP contribution is -2.53. The highest BCUT2D eigenvalue weighted by Crippen LogP contribution is 2.36. The average molecular weight is 418 g/mol. The molecule has 0 N–H and O–H groups in total. The molecular weight excluding hydrogens is 386 g/mol. The Morgan fingerprint density at radius 2 is 1.89 bits per heavy atom. The molecule has 152 valence electrons. The average Bonchev–Trinajstić information content (AvgIpc) is 2.97. The minimum Gasteiger partial charge on any atom is -0.497 e. The molecule has 0 unspecified atom stereocenters. The van der Waals surface area contributed by atoms with E-state index in [2.05, 4.69) is 49.3 Å². The first-order chi connectivity index (χ1) is 13.0. The molecule has 1 aromatic carbocycles. The molecule has 2 aliphatic rings. The monoisotopic (exact) mass is 417 g/mol. The van der Waals surface area contributed by atoms with E-state index in [1.807, 2.05) is 26.0 Å². The van der Waals surface area contributed by atoms with Crippen LogP contribution in [0.4, 0.5) is 0 Å². The summed E-state index contributed by atoms with van der Waals surface area (Å²) in [7, 11) is 0.0724. The number of hydrogen-bond acceptors (Lipinski definition) is 4. The Bertz CT molecular complexity index is 795. The molecule has 2 atom stereocenters. The van der Waals surface area contributed by atoms with Crippen molar-refractivity contribution in [1.29, 1.82) is 0 Å². The van der Waals surface area contributed by atoms with Crippen molar-refractivity contribution >= 4 is 25.3 Å². The first kappa shape index (κ1) is 21.2. The first-order valence-electron chi connectivity index (χ1n) is 9.68. The minimum absolute atomic E-state index is 0.0310. The zero-order valence-electron chi connectivity index (χ0n) is 17.7. The van der Waals surface area contributed by atoms with Crippen LogP contribution in [-0.2, 0) is 16.0 Å². The van der Waals surface area contributed by atoms with Crippen LogP contribution < -0.4 is 4.74 Å². The summed E-state index contributed by atoms with van der Waals surface area (Å²) in [4.78, 5) is 3.20. The van der Waals surface area contributed by atoms with Gasteiger partial charge in [0.25, 0.3) is 0 Å². The fourth-order valence-electron chi connectivity index (χ4n) is 3.76. The smallest absolute Gasteiger partial charge is 0.163 e. The molecule has 1 saturated heterocycles. The van der Waals surface area contributed by atoms with Gasteiger partial charge in [0.05, 0.1) is 27.8 Å². The van der Waals surface area contributed by atoms with Crippen LogP contribution in [0.2, 0.25) is 19.6 Å². The number of ether oxygens (including phenoxy) is 3. The van der Waals surface area contributed by atoms with Gasteiger partial charge in [-0.1, -0.05) is 56.6 Å². The van der Waals surface area contributed by atoms with Crippen LogP contribution >= 0.6 is 12.2 Å². The lowest BCUT2D eigenvalue weighted by atomic mass is 9.96. The Hall–Kier alpha value is -1.47. The summed E-state index contributed by atoms with van der Waals surface area (Å²) in [6.07, 6.45) is 2.11. The maximum absolute atomic E-state index is 6.21. The molecule has 0 amide bonds. The summed E-state index contributed by atoms with van der Waals surface area (Å²) in [6, 6.07) is 8.11. The normalized spacial score (nSPS) is 25.1. The van der Waals surface area contributed by atoms with Gasteiger partial charge in [-0.2, -0.15) is 0 Å². The van der Waals surface area contributed by atoms with E-state index in [1.54, 1.807) is 7.11 Å². The van der Waals surface area contributed by atoms with E-state index in [1.165, 1.54) is 10.8 Å². The highest BCUT2D eigenvalue weighted by Gasteiger charge is 2.44. The third-order valence-corrected chi connectivity index (χ3v) is 7.87. The topological polar surface area (TPSA) is 30.9 Å². The third kappa shape index (κ3) is 4.40. The van der Waals surface area contributed by atoms with Gasteiger partial charge in [0.15, 0.2) is 5.79 Å². The van der Waals surface area contributed by atoms with Crippen LogP contribution in [0.5, 0.6) is 5.75 Å². The molecule has 0 bridgehead atoms. The minimum atomic E-state index is -1.61. The summed E-state index contributed by atoms with van der Waals surface area (Å²) in [5.41, 5.74) is 2.22. The molecule has 3 rings (SSSR count). The van der Waals surface area contributed by atoms with E-state index in [0.29, 0.717) is 13.2 Å². The molecule has 0 saturated carbocycles. The fraction of sp³-hybridized carbons (Fsp3) is 0.500. The van der Waals surface area contributed by atoms with Crippen LogP contribution in [0.1, 0.15) is 19.4 Å². The standard InChI is InChI=1S/C22H31NO3SSi/c1-15-12-19(28(5,6)7)21(27)23(13-16-8-10-17(24-4)11-9-16)20(15)18-14-25-22(2,3)26-18/h8-12,18,20H,1,13-14H2,2-7H3/t18-,20+/m1/s1. The molecule has 2 heterocycles. The molecule has 0 radical (unpaired) electrons. The van der Waals surface area contributed by atoms with E-state index in [4.69, 9.17) is 26.4 Å². The summed E-state index contributed by atoms with van der Waals surface area (Å²) in [6.45, 7) is 16.5. The number of rotatable bonds is 5. The van der Waals surface area contributed by atoms with Gasteiger partial charge in [-0.3, -0.25) is 0 Å². The summed E-state index contributed by atoms with van der Waals surface area (Å²) in [5, 5.41) is 1.27. The van der Waals surface area contributed by atoms with Crippen molar-refractivity contribution in [3.8, 4) is 5.75 Å². The largest absolute Gasteiger partial charge is 0.497 e. The van der Waals surface area contributed by atoms with Crippen molar-refractivity contribution in [3.63, 3.8) is 0 Å². The van der Waals surface area contributed by atoms with Gasteiger partial charge in [0.1, 0.15) is 16.8 Å². The van der Waals surface area contributed by atoms with Gasteiger partial charge in [-0.25, -0.2) is 0 Å². The second-order valence-corrected chi connectivity index (χ2v) is 14.4. The molecule has 2 aliphatic heterocycles. The molecule has 28 heavy (non-hydrogen) atoms. The van der Waals surface area contributed by atoms with Crippen LogP contribution in [0.25, 0.3) is 0 Å². The van der Waals surface area contributed by atoms with E-state index in [0.717, 1.165) is 16.3 Å². The lowest BCUT2D eigenvalue weighted by Gasteiger charge is -2.43. The quantitative estimate of drug-likeness (QED) is 0.511. The van der Waals surface area contributed by atoms with E-state index in [9.17, 15) is 0 Å². The Kier molecular flexibility index (Phi) is 5.88. The van der Waals surface area contributed by atoms with Gasteiger partial charge in [-0.15, -0.1) is 0 Å². The molecule has 0 aromatic heterocycles. The zero-order valence-corrected chi connectivity index (χ0v) is 19.6. The van der Waals surface area contributed by atoms with Crippen LogP contribution in [0.3, 0.4) is 0 Å². The van der Waals surface area contributed by atoms with Crippen molar-refractivity contribution in [2.45, 2.75) is 58.0 Å². The van der Waals surface area contributed by atoms with Gasteiger partial charge in [0, 0.05) is 6.54 Å². The molecule has 1 fully saturated rings. The first-order valence-corrected chi connectivity index (χ1v) is 13.6. The molecule has 0 aliphatic carbocycles. The Labute approximate surface area is 175 Å². The van der Waals surface area contributed by atoms with Gasteiger partial charge in [-0.05, 0) is 42.3 Å². The predicted molar refractivity (Wildman–Crippen MR) is 120 cm³/mol. The van der Waals surface area contributed by atoms with Gasteiger partial charge >= 0.3 is 0 Å². The van der Waals surface area contributed by atoms with E-state index >= 15 is 0 Å². The van der Waals surface area contributed by atoms with Crippen LogP contribution in [0.15, 0.2) is 47.7 Å². The number of nitrogens with zero attached hydrogens (tertiary/aromatic N) is 1. The molecule has 4 nitrogen and oxygen atoms in total. The molecular formula is C22H31NO3SSi. The highest BCUT2D eigenvalue weighted by molar-refractivity contribution is 7.81. The fourth-order valence-corrected chi connectivity index (χ4v) is 6.32. The van der Waals surface area contributed by atoms with Crippen LogP contribution in [0, 0.1) is 0 Å². The van der Waals surface area contributed by atoms with Crippen molar-refractivity contribution < 1.29 is 14.2 Å². The number of benzene rings is 1. The predicted octanol–water partition coefficient (Wildman–Crippen LogP) is 4.72. The van der Waals surface area contributed by atoms with Gasteiger partial charge in [0.2, 0.25) is 0 Å². The summed E-state index contributed by atoms with van der Waals surface area (Å²) >= 11 is 6.00. The maximum Gasteiger partial charge on any atom is 0.163 e. The summed E-state index contributed by atoms with van der Waals surface area (Å²) in [5.74, 6) is 0.268. The van der Waals surface area contributed by atoms with E-state index in [-0.39, 0.29) is 12.1 Å². The number of hydrogen-bond donors (Lipinski definition) is 0. The van der Waals surface area contributed by atoms with E-state index < -0.39 is 13.9 Å². The zero-order chi connectivity index (χ0) is 20.7. The van der Waals surface area contributed by atoms with Crippen molar-refractivity contribution in [3.05, 3.63) is 53.3 Å². The molecule has 0 spiro atoms. The Balaban J connectivity index is 1.95. The lowest BCUT2D eigenvalue weighted by molar-refractivity contribution is -0.142. The summed E-state index contributed by atoms with van der Waals surface area (Å²) < 4.78 is 17.4. The Morgan fingerprint density at radius 3 is 2.39 bits per heavy atom. The maximum atomic E-state index is 6.21. The third-order valence-electron chi connectivity index (χ3n) is 5.24. The molecule has 1 aromatic rings. The second kappa shape index (κ2) is 7.75. The SMILES string of the molecule is C=C1C=C([Si](C)(C)C)C(=S)N(Cc2ccc(OC)cc2)[C@@H]1[C@H]1COC(C)(C)O1. The van der Waals surface area contributed by atoms with Gasteiger partial charge < -0.3 is 19.1 Å². The highest BCUT2D eigenvalue weighted by atomic mass is 32.1. The molecule has 6 heteroatoms. The number of methoxy groups -OCH3 is 1. The second-order valence-electron chi connectivity index (χ2n) is 8.98. The van der Waals surface area contributed by atoms with Crippen LogP contribution in [-0.4, -0.2) is 49.6 Å².